The van der Waals surface area contributed by atoms with Gasteiger partial charge in [-0.2, -0.15) is 5.26 Å². The molecule has 1 fully saturated rings. The second kappa shape index (κ2) is 4.98. The third-order valence-corrected chi connectivity index (χ3v) is 3.10. The van der Waals surface area contributed by atoms with Crippen LogP contribution in [0.1, 0.15) is 17.5 Å². The van der Waals surface area contributed by atoms with Crippen LogP contribution in [-0.4, -0.2) is 23.7 Å². The van der Waals surface area contributed by atoms with Gasteiger partial charge < -0.3 is 10.4 Å². The first-order valence-electron chi connectivity index (χ1n) is 5.64. The number of benzene rings is 1. The Bertz CT molecular complexity index is 465. The zero-order valence-corrected chi connectivity index (χ0v) is 9.39. The number of carbonyl (C=O) groups is 1. The van der Waals surface area contributed by atoms with Gasteiger partial charge in [0.25, 0.3) is 0 Å². The molecule has 2 rings (SSSR count). The fraction of sp³-hybridized carbons (Fsp3) is 0.385. The maximum absolute atomic E-state index is 10.8. The minimum atomic E-state index is -0.779. The number of nitrogens with zero attached hydrogens (tertiary/aromatic N) is 1. The molecule has 0 aliphatic carbocycles. The van der Waals surface area contributed by atoms with E-state index in [9.17, 15) is 4.79 Å². The summed E-state index contributed by atoms with van der Waals surface area (Å²) in [5.74, 6) is -0.441. The Morgan fingerprint density at radius 3 is 3.06 bits per heavy atom. The molecule has 88 valence electrons. The van der Waals surface area contributed by atoms with Gasteiger partial charge in [-0.05, 0) is 43.0 Å². The maximum atomic E-state index is 10.8. The Morgan fingerprint density at radius 2 is 2.41 bits per heavy atom. The fourth-order valence-corrected chi connectivity index (χ4v) is 2.25. The minimum Gasteiger partial charge on any atom is -0.480 e. The summed E-state index contributed by atoms with van der Waals surface area (Å²) in [7, 11) is 0. The van der Waals surface area contributed by atoms with Crippen molar-refractivity contribution >= 4 is 5.97 Å². The zero-order valence-electron chi connectivity index (χ0n) is 9.39. The van der Waals surface area contributed by atoms with Crippen molar-refractivity contribution in [2.24, 2.45) is 5.92 Å². The van der Waals surface area contributed by atoms with E-state index in [2.05, 4.69) is 11.4 Å². The number of nitrogens with one attached hydrogen (secondary N) is 1. The third-order valence-electron chi connectivity index (χ3n) is 3.10. The summed E-state index contributed by atoms with van der Waals surface area (Å²) in [4.78, 5) is 10.8. The lowest BCUT2D eigenvalue weighted by molar-refractivity contribution is -0.139. The van der Waals surface area contributed by atoms with Crippen molar-refractivity contribution in [2.75, 3.05) is 6.54 Å². The SMILES string of the molecule is N#Cc1cccc(CC2CNC(C(=O)O)C2)c1. The largest absolute Gasteiger partial charge is 0.480 e. The molecular weight excluding hydrogens is 216 g/mol. The summed E-state index contributed by atoms with van der Waals surface area (Å²) in [6.07, 6.45) is 1.48. The molecule has 0 saturated carbocycles. The summed E-state index contributed by atoms with van der Waals surface area (Å²) in [6, 6.07) is 9.18. The third kappa shape index (κ3) is 2.83. The van der Waals surface area contributed by atoms with E-state index >= 15 is 0 Å². The summed E-state index contributed by atoms with van der Waals surface area (Å²) in [6.45, 7) is 0.730. The van der Waals surface area contributed by atoms with Crippen molar-refractivity contribution in [3.8, 4) is 6.07 Å². The maximum Gasteiger partial charge on any atom is 0.320 e. The summed E-state index contributed by atoms with van der Waals surface area (Å²) < 4.78 is 0. The fourth-order valence-electron chi connectivity index (χ4n) is 2.25. The molecule has 1 aromatic carbocycles. The van der Waals surface area contributed by atoms with Gasteiger partial charge in [-0.1, -0.05) is 12.1 Å². The zero-order chi connectivity index (χ0) is 12.3. The number of rotatable bonds is 3. The van der Waals surface area contributed by atoms with E-state index in [1.54, 1.807) is 6.07 Å². The molecule has 17 heavy (non-hydrogen) atoms. The molecule has 0 amide bonds. The van der Waals surface area contributed by atoms with Gasteiger partial charge in [-0.25, -0.2) is 0 Å². The lowest BCUT2D eigenvalue weighted by Gasteiger charge is -2.08. The highest BCUT2D eigenvalue weighted by Crippen LogP contribution is 2.19. The van der Waals surface area contributed by atoms with Gasteiger partial charge in [0.2, 0.25) is 0 Å². The van der Waals surface area contributed by atoms with Gasteiger partial charge in [-0.15, -0.1) is 0 Å². The Morgan fingerprint density at radius 1 is 1.59 bits per heavy atom. The molecule has 2 unspecified atom stereocenters. The molecule has 1 saturated heterocycles. The Labute approximate surface area is 99.9 Å². The van der Waals surface area contributed by atoms with Crippen LogP contribution in [0.2, 0.25) is 0 Å². The van der Waals surface area contributed by atoms with Gasteiger partial charge >= 0.3 is 5.97 Å². The second-order valence-electron chi connectivity index (χ2n) is 4.42. The lowest BCUT2D eigenvalue weighted by Crippen LogP contribution is -2.29. The molecule has 0 spiro atoms. The van der Waals surface area contributed by atoms with E-state index in [0.29, 0.717) is 17.9 Å². The standard InChI is InChI=1S/C13H14N2O2/c14-7-10-3-1-2-9(4-10)5-11-6-12(13(16)17)15-8-11/h1-4,11-12,15H,5-6,8H2,(H,16,17). The van der Waals surface area contributed by atoms with Gasteiger partial charge in [0, 0.05) is 0 Å². The van der Waals surface area contributed by atoms with Gasteiger partial charge in [-0.3, -0.25) is 4.79 Å². The first-order valence-corrected chi connectivity index (χ1v) is 5.64. The molecule has 4 nitrogen and oxygen atoms in total. The van der Waals surface area contributed by atoms with E-state index in [1.165, 1.54) is 0 Å². The lowest BCUT2D eigenvalue weighted by atomic mass is 9.96. The van der Waals surface area contributed by atoms with Gasteiger partial charge in [0.15, 0.2) is 0 Å². The predicted molar refractivity (Wildman–Crippen MR) is 62.4 cm³/mol. The molecule has 1 heterocycles. The summed E-state index contributed by atoms with van der Waals surface area (Å²) in [5, 5.41) is 20.7. The first kappa shape index (κ1) is 11.6. The second-order valence-corrected chi connectivity index (χ2v) is 4.42. The van der Waals surface area contributed by atoms with E-state index < -0.39 is 12.0 Å². The van der Waals surface area contributed by atoms with Crippen molar-refractivity contribution in [1.29, 1.82) is 5.26 Å². The highest BCUT2D eigenvalue weighted by atomic mass is 16.4. The van der Waals surface area contributed by atoms with Crippen LogP contribution >= 0.6 is 0 Å². The van der Waals surface area contributed by atoms with Gasteiger partial charge in [0.1, 0.15) is 6.04 Å². The van der Waals surface area contributed by atoms with Crippen molar-refractivity contribution in [3.05, 3.63) is 35.4 Å². The number of nitriles is 1. The van der Waals surface area contributed by atoms with Crippen LogP contribution in [0.3, 0.4) is 0 Å². The van der Waals surface area contributed by atoms with E-state index in [1.807, 2.05) is 18.2 Å². The van der Waals surface area contributed by atoms with Crippen LogP contribution in [0.4, 0.5) is 0 Å². The van der Waals surface area contributed by atoms with Crippen molar-refractivity contribution < 1.29 is 9.90 Å². The normalized spacial score (nSPS) is 23.2. The van der Waals surface area contributed by atoms with Crippen LogP contribution in [0.25, 0.3) is 0 Å². The van der Waals surface area contributed by atoms with E-state index in [0.717, 1.165) is 18.5 Å². The van der Waals surface area contributed by atoms with Crippen LogP contribution in [0, 0.1) is 17.2 Å². The van der Waals surface area contributed by atoms with Crippen molar-refractivity contribution in [3.63, 3.8) is 0 Å². The van der Waals surface area contributed by atoms with Crippen LogP contribution in [-0.2, 0) is 11.2 Å². The molecule has 0 aromatic heterocycles. The average molecular weight is 230 g/mol. The average Bonchev–Trinajstić information content (AvgIpc) is 2.78. The number of aliphatic carboxylic acids is 1. The number of carboxylic acid groups (broad SMARTS) is 1. The monoisotopic (exact) mass is 230 g/mol. The molecule has 2 N–H and O–H groups in total. The predicted octanol–water partition coefficient (Wildman–Crippen LogP) is 1.16. The smallest absolute Gasteiger partial charge is 0.320 e. The highest BCUT2D eigenvalue weighted by Gasteiger charge is 2.28. The Kier molecular flexibility index (Phi) is 3.40. The summed E-state index contributed by atoms with van der Waals surface area (Å²) >= 11 is 0. The quantitative estimate of drug-likeness (QED) is 0.817. The number of carboxylic acids is 1. The Balaban J connectivity index is 1.98. The minimum absolute atomic E-state index is 0.338. The Hall–Kier alpha value is -1.86. The van der Waals surface area contributed by atoms with Crippen LogP contribution in [0.5, 0.6) is 0 Å². The molecule has 1 aliphatic rings. The highest BCUT2D eigenvalue weighted by molar-refractivity contribution is 5.73. The first-order chi connectivity index (χ1) is 8.19. The molecule has 1 aliphatic heterocycles. The molecule has 0 radical (unpaired) electrons. The van der Waals surface area contributed by atoms with E-state index in [4.69, 9.17) is 10.4 Å². The molecule has 2 atom stereocenters. The van der Waals surface area contributed by atoms with Crippen molar-refractivity contribution in [2.45, 2.75) is 18.9 Å². The van der Waals surface area contributed by atoms with Gasteiger partial charge in [0.05, 0.1) is 11.6 Å². The van der Waals surface area contributed by atoms with Crippen molar-refractivity contribution in [1.82, 2.24) is 5.32 Å². The molecule has 1 aromatic rings. The molecular formula is C13H14N2O2. The van der Waals surface area contributed by atoms with Crippen LogP contribution in [0.15, 0.2) is 24.3 Å². The number of hydrogen-bond donors (Lipinski definition) is 2. The van der Waals surface area contributed by atoms with E-state index in [-0.39, 0.29) is 0 Å². The topological polar surface area (TPSA) is 73.1 Å². The summed E-state index contributed by atoms with van der Waals surface area (Å²) in [5.41, 5.74) is 1.75. The van der Waals surface area contributed by atoms with Crippen LogP contribution < -0.4 is 5.32 Å². The number of hydrogen-bond acceptors (Lipinski definition) is 3. The molecule has 0 bridgehead atoms. The molecule has 4 heteroatoms.